The van der Waals surface area contributed by atoms with Gasteiger partial charge in [-0.3, -0.25) is 0 Å². The number of thioether (sulfide) groups is 1. The lowest BCUT2D eigenvalue weighted by molar-refractivity contribution is 1.08. The predicted octanol–water partition coefficient (Wildman–Crippen LogP) is 5.77. The van der Waals surface area contributed by atoms with Crippen molar-refractivity contribution in [3.05, 3.63) is 95.0 Å². The zero-order valence-corrected chi connectivity index (χ0v) is 15.2. The molecule has 0 spiro atoms. The molecular weight excluding hydrogens is 324 g/mol. The Bertz CT molecular complexity index is 876. The minimum atomic E-state index is 1.18. The molecule has 1 heterocycles. The van der Waals surface area contributed by atoms with Gasteiger partial charge in [0.1, 0.15) is 0 Å². The molecule has 0 bridgehead atoms. The summed E-state index contributed by atoms with van der Waals surface area (Å²) in [5.41, 5.74) is 7.38. The molecule has 0 fully saturated rings. The highest BCUT2D eigenvalue weighted by Gasteiger charge is 2.28. The van der Waals surface area contributed by atoms with E-state index in [0.717, 1.165) is 0 Å². The first-order chi connectivity index (χ1) is 12.3. The fourth-order valence-electron chi connectivity index (χ4n) is 3.46. The van der Waals surface area contributed by atoms with Crippen LogP contribution < -0.4 is 10.2 Å². The topological polar surface area (TPSA) is 15.3 Å². The van der Waals surface area contributed by atoms with Gasteiger partial charge < -0.3 is 10.2 Å². The van der Waals surface area contributed by atoms with Crippen LogP contribution in [0.2, 0.25) is 0 Å². The van der Waals surface area contributed by atoms with E-state index in [1.54, 1.807) is 11.8 Å². The van der Waals surface area contributed by atoms with Crippen molar-refractivity contribution in [2.24, 2.45) is 0 Å². The average Bonchev–Trinajstić information content (AvgIpc) is 2.69. The second kappa shape index (κ2) is 6.69. The Labute approximate surface area is 153 Å². The molecule has 0 radical (unpaired) electrons. The maximum absolute atomic E-state index is 3.38. The van der Waals surface area contributed by atoms with Crippen LogP contribution in [0, 0.1) is 0 Å². The van der Waals surface area contributed by atoms with Gasteiger partial charge >= 0.3 is 0 Å². The van der Waals surface area contributed by atoms with Crippen LogP contribution in [0.1, 0.15) is 11.1 Å². The van der Waals surface area contributed by atoms with Gasteiger partial charge in [-0.1, -0.05) is 54.6 Å². The van der Waals surface area contributed by atoms with Gasteiger partial charge in [-0.05, 0) is 30.5 Å². The lowest BCUT2D eigenvalue weighted by Crippen LogP contribution is -2.20. The first-order valence-electron chi connectivity index (χ1n) is 8.35. The molecule has 3 aromatic carbocycles. The van der Waals surface area contributed by atoms with E-state index in [2.05, 4.69) is 95.3 Å². The molecule has 0 saturated carbocycles. The van der Waals surface area contributed by atoms with Crippen LogP contribution in [-0.4, -0.2) is 13.3 Å². The Morgan fingerprint density at radius 2 is 1.28 bits per heavy atom. The quantitative estimate of drug-likeness (QED) is 0.508. The minimum Gasteiger partial charge on any atom is -0.382 e. The predicted molar refractivity (Wildman–Crippen MR) is 110 cm³/mol. The molecule has 1 aliphatic heterocycles. The van der Waals surface area contributed by atoms with Gasteiger partial charge in [-0.2, -0.15) is 0 Å². The van der Waals surface area contributed by atoms with Crippen molar-refractivity contribution < 1.29 is 0 Å². The Balaban J connectivity index is 2.06. The summed E-state index contributed by atoms with van der Waals surface area (Å²) in [5.74, 6) is 0. The number of nitrogens with zero attached hydrogens (tertiary/aromatic N) is 1. The first-order valence-corrected chi connectivity index (χ1v) is 9.57. The molecule has 0 saturated heterocycles. The van der Waals surface area contributed by atoms with Crippen molar-refractivity contribution in [2.45, 2.75) is 0 Å². The minimum absolute atomic E-state index is 1.18. The van der Waals surface area contributed by atoms with Crippen molar-refractivity contribution in [2.75, 3.05) is 18.2 Å². The highest BCUT2D eigenvalue weighted by atomic mass is 32.2. The third kappa shape index (κ3) is 2.61. The van der Waals surface area contributed by atoms with Crippen LogP contribution >= 0.6 is 11.8 Å². The summed E-state index contributed by atoms with van der Waals surface area (Å²) in [6.45, 7) is 0. The third-order valence-electron chi connectivity index (χ3n) is 4.50. The summed E-state index contributed by atoms with van der Waals surface area (Å²) in [5, 5.41) is 4.57. The number of benzene rings is 3. The zero-order valence-electron chi connectivity index (χ0n) is 14.4. The number of para-hydroxylation sites is 3. The van der Waals surface area contributed by atoms with Crippen LogP contribution in [0.3, 0.4) is 0 Å². The van der Waals surface area contributed by atoms with Gasteiger partial charge in [0, 0.05) is 29.4 Å². The van der Waals surface area contributed by atoms with E-state index in [1.165, 1.54) is 38.8 Å². The molecule has 0 atom stereocenters. The van der Waals surface area contributed by atoms with E-state index in [1.807, 2.05) is 7.05 Å². The third-order valence-corrected chi connectivity index (χ3v) is 5.32. The molecule has 0 aromatic heterocycles. The van der Waals surface area contributed by atoms with Gasteiger partial charge in [0.05, 0.1) is 16.4 Å². The summed E-state index contributed by atoms with van der Waals surface area (Å²) in [4.78, 5) is 2.35. The molecule has 2 nitrogen and oxygen atoms in total. The maximum Gasteiger partial charge on any atom is 0.0763 e. The van der Waals surface area contributed by atoms with Crippen molar-refractivity contribution in [3.8, 4) is 0 Å². The van der Waals surface area contributed by atoms with Gasteiger partial charge in [-0.25, -0.2) is 0 Å². The smallest absolute Gasteiger partial charge is 0.0763 e. The Morgan fingerprint density at radius 1 is 0.760 bits per heavy atom. The summed E-state index contributed by atoms with van der Waals surface area (Å²) >= 11 is 1.75. The number of hydrogen-bond acceptors (Lipinski definition) is 3. The molecule has 4 rings (SSSR count). The number of hydrogen-bond donors (Lipinski definition) is 1. The standard InChI is InChI=1S/C22H20N2S/c1-23-22(25-2)21-17-12-6-8-14-19(17)24(16-10-4-3-5-11-16)20-15-9-7-13-18(20)21/h3-15,23H,1-2H3. The molecule has 25 heavy (non-hydrogen) atoms. The fraction of sp³-hybridized carbons (Fsp3) is 0.0909. The summed E-state index contributed by atoms with van der Waals surface area (Å²) in [6.07, 6.45) is 2.12. The molecule has 1 aliphatic rings. The van der Waals surface area contributed by atoms with Crippen molar-refractivity contribution in [1.82, 2.24) is 5.32 Å². The average molecular weight is 344 g/mol. The molecule has 1 N–H and O–H groups in total. The SMILES string of the molecule is CNC(SC)=C1c2ccccc2N(c2ccccc2)c2ccccc21. The van der Waals surface area contributed by atoms with E-state index in [0.29, 0.717) is 0 Å². The normalized spacial score (nSPS) is 12.4. The van der Waals surface area contributed by atoms with Gasteiger partial charge in [-0.15, -0.1) is 11.8 Å². The molecule has 3 heteroatoms. The van der Waals surface area contributed by atoms with Crippen LogP contribution in [0.25, 0.3) is 5.57 Å². The lowest BCUT2D eigenvalue weighted by atomic mass is 9.90. The van der Waals surface area contributed by atoms with Gasteiger partial charge in [0.2, 0.25) is 0 Å². The van der Waals surface area contributed by atoms with E-state index in [-0.39, 0.29) is 0 Å². The fourth-order valence-corrected chi connectivity index (χ4v) is 4.09. The maximum atomic E-state index is 3.38. The van der Waals surface area contributed by atoms with E-state index < -0.39 is 0 Å². The number of anilines is 3. The molecule has 3 aromatic rings. The van der Waals surface area contributed by atoms with Crippen LogP contribution in [0.5, 0.6) is 0 Å². The first kappa shape index (κ1) is 15.9. The molecule has 124 valence electrons. The Hall–Kier alpha value is -2.65. The largest absolute Gasteiger partial charge is 0.382 e. The molecular formula is C22H20N2S. The Kier molecular flexibility index (Phi) is 4.24. The highest BCUT2D eigenvalue weighted by Crippen LogP contribution is 2.49. The summed E-state index contributed by atoms with van der Waals surface area (Å²) in [6, 6.07) is 27.8. The number of fused-ring (bicyclic) bond motifs is 2. The second-order valence-corrected chi connectivity index (χ2v) is 6.68. The second-order valence-electron chi connectivity index (χ2n) is 5.86. The van der Waals surface area contributed by atoms with Gasteiger partial charge in [0.25, 0.3) is 0 Å². The monoisotopic (exact) mass is 344 g/mol. The summed E-state index contributed by atoms with van der Waals surface area (Å²) in [7, 11) is 1.99. The molecule has 0 aliphatic carbocycles. The van der Waals surface area contributed by atoms with Gasteiger partial charge in [0.15, 0.2) is 0 Å². The van der Waals surface area contributed by atoms with Crippen molar-refractivity contribution in [3.63, 3.8) is 0 Å². The lowest BCUT2D eigenvalue weighted by Gasteiger charge is -2.35. The summed E-state index contributed by atoms with van der Waals surface area (Å²) < 4.78 is 0. The number of rotatable bonds is 3. The van der Waals surface area contributed by atoms with E-state index in [9.17, 15) is 0 Å². The van der Waals surface area contributed by atoms with Crippen LogP contribution in [0.4, 0.5) is 17.1 Å². The van der Waals surface area contributed by atoms with E-state index >= 15 is 0 Å². The van der Waals surface area contributed by atoms with E-state index in [4.69, 9.17) is 0 Å². The molecule has 0 unspecified atom stereocenters. The zero-order chi connectivity index (χ0) is 17.2. The highest BCUT2D eigenvalue weighted by molar-refractivity contribution is 8.02. The van der Waals surface area contributed by atoms with Crippen molar-refractivity contribution in [1.29, 1.82) is 0 Å². The van der Waals surface area contributed by atoms with Crippen molar-refractivity contribution >= 4 is 34.4 Å². The van der Waals surface area contributed by atoms with Crippen LogP contribution in [-0.2, 0) is 0 Å². The Morgan fingerprint density at radius 3 is 1.80 bits per heavy atom. The molecule has 0 amide bonds. The van der Waals surface area contributed by atoms with Crippen LogP contribution in [0.15, 0.2) is 83.9 Å². The number of nitrogens with one attached hydrogen (secondary N) is 1.